The molecule has 1 aromatic rings. The summed E-state index contributed by atoms with van der Waals surface area (Å²) in [5, 5.41) is 14.3. The molecule has 14 heavy (non-hydrogen) atoms. The standard InChI is InChI=1S/C9H12BrN3O/c1-6-3-2-4-7(9(6)10)12-5-8(11)13-14/h2-4,12,14H,5H2,1H3,(H2,11,13). The minimum Gasteiger partial charge on any atom is -0.409 e. The Kier molecular flexibility index (Phi) is 3.76. The van der Waals surface area contributed by atoms with Gasteiger partial charge in [-0.3, -0.25) is 0 Å². The third kappa shape index (κ3) is 2.63. The second-order valence-corrected chi connectivity index (χ2v) is 3.67. The lowest BCUT2D eigenvalue weighted by atomic mass is 10.2. The van der Waals surface area contributed by atoms with E-state index in [2.05, 4.69) is 26.4 Å². The zero-order valence-electron chi connectivity index (χ0n) is 7.79. The number of hydrogen-bond acceptors (Lipinski definition) is 3. The Balaban J connectivity index is 2.73. The number of aryl methyl sites for hydroxylation is 1. The van der Waals surface area contributed by atoms with Crippen LogP contribution in [0.5, 0.6) is 0 Å². The van der Waals surface area contributed by atoms with Crippen LogP contribution in [0.2, 0.25) is 0 Å². The van der Waals surface area contributed by atoms with E-state index in [0.717, 1.165) is 15.7 Å². The highest BCUT2D eigenvalue weighted by atomic mass is 79.9. The molecule has 0 saturated carbocycles. The number of nitrogens with one attached hydrogen (secondary N) is 1. The van der Waals surface area contributed by atoms with Gasteiger partial charge in [0.2, 0.25) is 0 Å². The van der Waals surface area contributed by atoms with Gasteiger partial charge in [0.1, 0.15) is 0 Å². The van der Waals surface area contributed by atoms with Crippen LogP contribution in [0.4, 0.5) is 5.69 Å². The van der Waals surface area contributed by atoms with Crippen molar-refractivity contribution in [3.63, 3.8) is 0 Å². The monoisotopic (exact) mass is 257 g/mol. The Bertz CT molecular complexity index is 352. The number of rotatable bonds is 3. The van der Waals surface area contributed by atoms with E-state index in [1.54, 1.807) is 0 Å². The van der Waals surface area contributed by atoms with Crippen molar-refractivity contribution in [1.82, 2.24) is 0 Å². The van der Waals surface area contributed by atoms with Crippen molar-refractivity contribution in [3.05, 3.63) is 28.2 Å². The van der Waals surface area contributed by atoms with Gasteiger partial charge < -0.3 is 16.3 Å². The number of nitrogens with two attached hydrogens (primary N) is 1. The van der Waals surface area contributed by atoms with Gasteiger partial charge in [0.15, 0.2) is 5.84 Å². The van der Waals surface area contributed by atoms with E-state index in [4.69, 9.17) is 10.9 Å². The topological polar surface area (TPSA) is 70.6 Å². The molecule has 0 aromatic heterocycles. The maximum Gasteiger partial charge on any atom is 0.158 e. The molecule has 0 aliphatic carbocycles. The fourth-order valence-electron chi connectivity index (χ4n) is 1.01. The third-order valence-electron chi connectivity index (χ3n) is 1.78. The molecule has 0 fully saturated rings. The van der Waals surface area contributed by atoms with Crippen LogP contribution in [-0.2, 0) is 0 Å². The van der Waals surface area contributed by atoms with Gasteiger partial charge in [-0.1, -0.05) is 17.3 Å². The molecule has 0 aliphatic heterocycles. The molecule has 1 aromatic carbocycles. The summed E-state index contributed by atoms with van der Waals surface area (Å²) in [6.07, 6.45) is 0. The number of anilines is 1. The van der Waals surface area contributed by atoms with Crippen LogP contribution in [0.3, 0.4) is 0 Å². The van der Waals surface area contributed by atoms with Crippen LogP contribution in [0.15, 0.2) is 27.8 Å². The van der Waals surface area contributed by atoms with E-state index in [0.29, 0.717) is 6.54 Å². The summed E-state index contributed by atoms with van der Waals surface area (Å²) in [4.78, 5) is 0. The molecule has 0 bridgehead atoms. The normalized spacial score (nSPS) is 11.4. The van der Waals surface area contributed by atoms with Crippen LogP contribution < -0.4 is 11.1 Å². The zero-order valence-corrected chi connectivity index (χ0v) is 9.37. The van der Waals surface area contributed by atoms with E-state index in [1.807, 2.05) is 25.1 Å². The van der Waals surface area contributed by atoms with E-state index in [1.165, 1.54) is 0 Å². The van der Waals surface area contributed by atoms with Crippen molar-refractivity contribution >= 4 is 27.5 Å². The number of halogens is 1. The first kappa shape index (κ1) is 10.8. The highest BCUT2D eigenvalue weighted by Gasteiger charge is 2.01. The van der Waals surface area contributed by atoms with Crippen molar-refractivity contribution in [3.8, 4) is 0 Å². The quantitative estimate of drug-likeness (QED) is 0.335. The van der Waals surface area contributed by atoms with E-state index < -0.39 is 0 Å². The van der Waals surface area contributed by atoms with E-state index in [9.17, 15) is 0 Å². The first-order chi connectivity index (χ1) is 6.65. The summed E-state index contributed by atoms with van der Waals surface area (Å²) in [6.45, 7) is 2.32. The molecule has 0 heterocycles. The lowest BCUT2D eigenvalue weighted by Gasteiger charge is -2.08. The van der Waals surface area contributed by atoms with Gasteiger partial charge in [-0.2, -0.15) is 0 Å². The minimum atomic E-state index is 0.151. The van der Waals surface area contributed by atoms with Crippen molar-refractivity contribution in [2.45, 2.75) is 6.92 Å². The van der Waals surface area contributed by atoms with Crippen molar-refractivity contribution < 1.29 is 5.21 Å². The Labute approximate surface area is 90.9 Å². The molecule has 4 N–H and O–H groups in total. The SMILES string of the molecule is Cc1cccc(NC/C(N)=N/O)c1Br. The van der Waals surface area contributed by atoms with Crippen LogP contribution in [0, 0.1) is 6.92 Å². The van der Waals surface area contributed by atoms with Gasteiger partial charge in [-0.25, -0.2) is 0 Å². The molecule has 0 amide bonds. The van der Waals surface area contributed by atoms with E-state index in [-0.39, 0.29) is 5.84 Å². The molecule has 0 unspecified atom stereocenters. The van der Waals surface area contributed by atoms with Gasteiger partial charge in [0.05, 0.1) is 6.54 Å². The third-order valence-corrected chi connectivity index (χ3v) is 2.83. The molecule has 0 aliphatic rings. The predicted octanol–water partition coefficient (Wildman–Crippen LogP) is 1.92. The summed E-state index contributed by atoms with van der Waals surface area (Å²) >= 11 is 3.45. The van der Waals surface area contributed by atoms with Crippen molar-refractivity contribution in [2.24, 2.45) is 10.9 Å². The largest absolute Gasteiger partial charge is 0.409 e. The molecular weight excluding hydrogens is 246 g/mol. The summed E-state index contributed by atoms with van der Waals surface area (Å²) in [5.41, 5.74) is 7.39. The lowest BCUT2D eigenvalue weighted by molar-refractivity contribution is 0.317. The number of benzene rings is 1. The smallest absolute Gasteiger partial charge is 0.158 e. The summed E-state index contributed by atoms with van der Waals surface area (Å²) < 4.78 is 0.991. The van der Waals surface area contributed by atoms with Gasteiger partial charge in [-0.05, 0) is 34.5 Å². The molecule has 4 nitrogen and oxygen atoms in total. The molecule has 0 spiro atoms. The Morgan fingerprint density at radius 3 is 3.00 bits per heavy atom. The Morgan fingerprint density at radius 2 is 2.36 bits per heavy atom. The van der Waals surface area contributed by atoms with Gasteiger partial charge in [-0.15, -0.1) is 0 Å². The van der Waals surface area contributed by atoms with Crippen LogP contribution >= 0.6 is 15.9 Å². The fourth-order valence-corrected chi connectivity index (χ4v) is 1.41. The number of nitrogens with zero attached hydrogens (tertiary/aromatic N) is 1. The average Bonchev–Trinajstić information content (AvgIpc) is 2.20. The molecule has 0 radical (unpaired) electrons. The second-order valence-electron chi connectivity index (χ2n) is 2.88. The first-order valence-corrected chi connectivity index (χ1v) is 4.90. The van der Waals surface area contributed by atoms with E-state index >= 15 is 0 Å². The number of oxime groups is 1. The molecule has 0 saturated heterocycles. The van der Waals surface area contributed by atoms with Crippen LogP contribution in [-0.4, -0.2) is 17.6 Å². The summed E-state index contributed by atoms with van der Waals surface area (Å²) in [7, 11) is 0. The highest BCUT2D eigenvalue weighted by molar-refractivity contribution is 9.10. The fraction of sp³-hybridized carbons (Fsp3) is 0.222. The maximum absolute atomic E-state index is 8.35. The number of amidine groups is 1. The first-order valence-electron chi connectivity index (χ1n) is 4.10. The molecule has 5 heteroatoms. The molecular formula is C9H12BrN3O. The summed E-state index contributed by atoms with van der Waals surface area (Å²) in [6, 6.07) is 5.86. The summed E-state index contributed by atoms with van der Waals surface area (Å²) in [5.74, 6) is 0.151. The minimum absolute atomic E-state index is 0.151. The van der Waals surface area contributed by atoms with Gasteiger partial charge in [0.25, 0.3) is 0 Å². The van der Waals surface area contributed by atoms with Gasteiger partial charge >= 0.3 is 0 Å². The Hall–Kier alpha value is -1.23. The second kappa shape index (κ2) is 4.85. The van der Waals surface area contributed by atoms with Crippen LogP contribution in [0.1, 0.15) is 5.56 Å². The molecule has 0 atom stereocenters. The van der Waals surface area contributed by atoms with Gasteiger partial charge in [0, 0.05) is 10.2 Å². The lowest BCUT2D eigenvalue weighted by Crippen LogP contribution is -2.22. The molecule has 1 rings (SSSR count). The van der Waals surface area contributed by atoms with Crippen LogP contribution in [0.25, 0.3) is 0 Å². The zero-order chi connectivity index (χ0) is 10.6. The highest BCUT2D eigenvalue weighted by Crippen LogP contribution is 2.25. The number of hydrogen-bond donors (Lipinski definition) is 3. The average molecular weight is 258 g/mol. The maximum atomic E-state index is 8.35. The molecule has 76 valence electrons. The van der Waals surface area contributed by atoms with Crippen molar-refractivity contribution in [2.75, 3.05) is 11.9 Å². The van der Waals surface area contributed by atoms with Crippen molar-refractivity contribution in [1.29, 1.82) is 0 Å². The predicted molar refractivity (Wildman–Crippen MR) is 60.8 cm³/mol. The Morgan fingerprint density at radius 1 is 1.64 bits per heavy atom.